The van der Waals surface area contributed by atoms with E-state index in [-0.39, 0.29) is 10.6 Å². The molecule has 6 heteroatoms. The largest absolute Gasteiger partial charge is 0.366 e. The molecule has 5 nitrogen and oxygen atoms in total. The molecule has 1 aromatic rings. The topological polar surface area (TPSA) is 91.8 Å². The Kier molecular flexibility index (Phi) is 2.74. The zero-order chi connectivity index (χ0) is 9.84. The molecular weight excluding hydrogens is 192 g/mol. The highest BCUT2D eigenvalue weighted by molar-refractivity contribution is 6.33. The first-order valence-electron chi connectivity index (χ1n) is 3.29. The van der Waals surface area contributed by atoms with Gasteiger partial charge in [0.15, 0.2) is 0 Å². The Morgan fingerprint density at radius 2 is 2.31 bits per heavy atom. The molecule has 13 heavy (non-hydrogen) atoms. The van der Waals surface area contributed by atoms with Crippen molar-refractivity contribution in [1.29, 1.82) is 0 Å². The normalized spacial score (nSPS) is 9.00. The van der Waals surface area contributed by atoms with E-state index >= 15 is 0 Å². The Hall–Kier alpha value is -1.71. The van der Waals surface area contributed by atoms with Gasteiger partial charge in [-0.1, -0.05) is 22.8 Å². The molecule has 0 aromatic heterocycles. The minimum Gasteiger partial charge on any atom is -0.366 e. The second-order valence-corrected chi connectivity index (χ2v) is 2.63. The molecule has 0 aliphatic carbocycles. The lowest BCUT2D eigenvalue weighted by atomic mass is 10.2. The second-order valence-electron chi connectivity index (χ2n) is 2.22. The van der Waals surface area contributed by atoms with Crippen LogP contribution in [0.15, 0.2) is 23.3 Å². The highest BCUT2D eigenvalue weighted by Gasteiger charge is 2.06. The molecule has 0 aliphatic rings. The van der Waals surface area contributed by atoms with Crippen LogP contribution < -0.4 is 5.73 Å². The first kappa shape index (κ1) is 9.38. The summed E-state index contributed by atoms with van der Waals surface area (Å²) in [7, 11) is 0. The summed E-state index contributed by atoms with van der Waals surface area (Å²) in [6, 6.07) is 4.28. The van der Waals surface area contributed by atoms with Crippen molar-refractivity contribution in [2.45, 2.75) is 0 Å². The quantitative estimate of drug-likeness (QED) is 0.439. The van der Waals surface area contributed by atoms with Crippen LogP contribution in [0, 0.1) is 0 Å². The van der Waals surface area contributed by atoms with E-state index in [0.29, 0.717) is 5.69 Å². The average Bonchev–Trinajstić information content (AvgIpc) is 2.08. The maximum atomic E-state index is 10.8. The third-order valence-electron chi connectivity index (χ3n) is 1.38. The number of primary amides is 1. The summed E-state index contributed by atoms with van der Waals surface area (Å²) in [5, 5.41) is 3.55. The molecule has 0 saturated heterocycles. The summed E-state index contributed by atoms with van der Waals surface area (Å²) in [6.07, 6.45) is 0. The summed E-state index contributed by atoms with van der Waals surface area (Å²) < 4.78 is 0. The maximum Gasteiger partial charge on any atom is 0.250 e. The number of benzene rings is 1. The first-order chi connectivity index (χ1) is 6.15. The van der Waals surface area contributed by atoms with Crippen LogP contribution in [0.25, 0.3) is 10.4 Å². The molecule has 1 rings (SSSR count). The van der Waals surface area contributed by atoms with E-state index in [1.165, 1.54) is 18.2 Å². The van der Waals surface area contributed by atoms with Gasteiger partial charge in [-0.3, -0.25) is 4.79 Å². The maximum absolute atomic E-state index is 10.8. The minimum atomic E-state index is -0.653. The van der Waals surface area contributed by atoms with Crippen molar-refractivity contribution in [2.75, 3.05) is 0 Å². The van der Waals surface area contributed by atoms with Gasteiger partial charge in [0.05, 0.1) is 10.6 Å². The third-order valence-corrected chi connectivity index (χ3v) is 1.71. The van der Waals surface area contributed by atoms with E-state index < -0.39 is 5.91 Å². The second kappa shape index (κ2) is 3.80. The number of nitrogens with zero attached hydrogens (tertiary/aromatic N) is 3. The fourth-order valence-corrected chi connectivity index (χ4v) is 1.03. The monoisotopic (exact) mass is 196 g/mol. The van der Waals surface area contributed by atoms with Crippen LogP contribution in [-0.4, -0.2) is 5.91 Å². The Morgan fingerprint density at radius 1 is 1.62 bits per heavy atom. The van der Waals surface area contributed by atoms with Crippen molar-refractivity contribution in [2.24, 2.45) is 10.8 Å². The van der Waals surface area contributed by atoms with Crippen LogP contribution in [0.5, 0.6) is 0 Å². The molecule has 1 amide bonds. The van der Waals surface area contributed by atoms with E-state index in [2.05, 4.69) is 10.0 Å². The number of hydrogen-bond acceptors (Lipinski definition) is 2. The van der Waals surface area contributed by atoms with Gasteiger partial charge in [0.1, 0.15) is 0 Å². The first-order valence-corrected chi connectivity index (χ1v) is 3.67. The Morgan fingerprint density at radius 3 is 2.85 bits per heavy atom. The highest BCUT2D eigenvalue weighted by Crippen LogP contribution is 2.21. The molecule has 0 heterocycles. The number of amides is 1. The SMILES string of the molecule is [N-]=[N+]=Nc1ccc(Cl)c(C(N)=O)c1. The molecule has 0 spiro atoms. The summed E-state index contributed by atoms with van der Waals surface area (Å²) in [6.45, 7) is 0. The zero-order valence-electron chi connectivity index (χ0n) is 6.44. The predicted molar refractivity (Wildman–Crippen MR) is 48.8 cm³/mol. The molecule has 0 unspecified atom stereocenters. The highest BCUT2D eigenvalue weighted by atomic mass is 35.5. The van der Waals surface area contributed by atoms with Crippen LogP contribution in [0.3, 0.4) is 0 Å². The smallest absolute Gasteiger partial charge is 0.250 e. The van der Waals surface area contributed by atoms with E-state index in [1.54, 1.807) is 0 Å². The number of nitrogens with two attached hydrogens (primary N) is 1. The summed E-state index contributed by atoms with van der Waals surface area (Å²) in [4.78, 5) is 13.3. The van der Waals surface area contributed by atoms with Crippen LogP contribution >= 0.6 is 11.6 Å². The lowest BCUT2D eigenvalue weighted by Gasteiger charge is -1.99. The van der Waals surface area contributed by atoms with Crippen molar-refractivity contribution in [3.05, 3.63) is 39.2 Å². The lowest BCUT2D eigenvalue weighted by Crippen LogP contribution is -2.11. The molecule has 0 bridgehead atoms. The Bertz CT molecular complexity index is 397. The zero-order valence-corrected chi connectivity index (χ0v) is 7.19. The number of rotatable bonds is 2. The van der Waals surface area contributed by atoms with Gasteiger partial charge in [0.25, 0.3) is 0 Å². The van der Waals surface area contributed by atoms with E-state index in [1.807, 2.05) is 0 Å². The Balaban J connectivity index is 3.26. The van der Waals surface area contributed by atoms with Crippen molar-refractivity contribution in [3.8, 4) is 0 Å². The molecular formula is C7H5ClN4O. The standard InChI is InChI=1S/C7H5ClN4O/c8-6-2-1-4(11-12-10)3-5(6)7(9)13/h1-3H,(H2,9,13). The molecule has 0 aliphatic heterocycles. The molecule has 0 fully saturated rings. The fraction of sp³-hybridized carbons (Fsp3) is 0. The van der Waals surface area contributed by atoms with Gasteiger partial charge in [-0.2, -0.15) is 0 Å². The number of halogens is 1. The van der Waals surface area contributed by atoms with Gasteiger partial charge in [-0.25, -0.2) is 0 Å². The van der Waals surface area contributed by atoms with Gasteiger partial charge in [-0.15, -0.1) is 0 Å². The molecule has 0 radical (unpaired) electrons. The molecule has 1 aromatic carbocycles. The van der Waals surface area contributed by atoms with Crippen molar-refractivity contribution < 1.29 is 4.79 Å². The fourth-order valence-electron chi connectivity index (χ4n) is 0.816. The summed E-state index contributed by atoms with van der Waals surface area (Å²) >= 11 is 5.66. The van der Waals surface area contributed by atoms with Crippen LogP contribution in [0.4, 0.5) is 5.69 Å². The third kappa shape index (κ3) is 2.11. The molecule has 66 valence electrons. The minimum absolute atomic E-state index is 0.145. The number of hydrogen-bond donors (Lipinski definition) is 1. The van der Waals surface area contributed by atoms with Gasteiger partial charge in [-0.05, 0) is 17.7 Å². The van der Waals surface area contributed by atoms with E-state index in [4.69, 9.17) is 22.9 Å². The van der Waals surface area contributed by atoms with Gasteiger partial charge in [0, 0.05) is 10.6 Å². The number of azide groups is 1. The van der Waals surface area contributed by atoms with Crippen molar-refractivity contribution >= 4 is 23.2 Å². The van der Waals surface area contributed by atoms with Gasteiger partial charge >= 0.3 is 0 Å². The van der Waals surface area contributed by atoms with E-state index in [0.717, 1.165) is 0 Å². The van der Waals surface area contributed by atoms with Crippen molar-refractivity contribution in [3.63, 3.8) is 0 Å². The average molecular weight is 197 g/mol. The van der Waals surface area contributed by atoms with Crippen LogP contribution in [0.1, 0.15) is 10.4 Å². The van der Waals surface area contributed by atoms with Gasteiger partial charge in [0.2, 0.25) is 5.91 Å². The molecule has 0 atom stereocenters. The van der Waals surface area contributed by atoms with Gasteiger partial charge < -0.3 is 5.73 Å². The van der Waals surface area contributed by atoms with Crippen molar-refractivity contribution in [1.82, 2.24) is 0 Å². The predicted octanol–water partition coefficient (Wildman–Crippen LogP) is 2.38. The molecule has 2 N–H and O–H groups in total. The van der Waals surface area contributed by atoms with E-state index in [9.17, 15) is 4.79 Å². The van der Waals surface area contributed by atoms with Crippen LogP contribution in [0.2, 0.25) is 5.02 Å². The number of carbonyl (C=O) groups excluding carboxylic acids is 1. The number of carbonyl (C=O) groups is 1. The molecule has 0 saturated carbocycles. The lowest BCUT2D eigenvalue weighted by molar-refractivity contribution is 0.100. The summed E-state index contributed by atoms with van der Waals surface area (Å²) in [5.74, 6) is -0.653. The van der Waals surface area contributed by atoms with Crippen LogP contribution in [-0.2, 0) is 0 Å². The summed E-state index contributed by atoms with van der Waals surface area (Å²) in [5.41, 5.74) is 13.6. The Labute approximate surface area is 78.7 Å².